The molecular formula is C13H22ClN3O2S. The van der Waals surface area contributed by atoms with Gasteiger partial charge in [-0.15, -0.1) is 12.4 Å². The van der Waals surface area contributed by atoms with Crippen LogP contribution in [-0.2, 0) is 10.0 Å². The van der Waals surface area contributed by atoms with Gasteiger partial charge in [0.2, 0.25) is 10.0 Å². The molecule has 0 unspecified atom stereocenters. The van der Waals surface area contributed by atoms with Gasteiger partial charge in [0, 0.05) is 38.8 Å². The SMILES string of the molecule is C[C@@H]1CNCCN1CCNS(=O)(=O)c1ccccc1.Cl. The van der Waals surface area contributed by atoms with Crippen molar-refractivity contribution in [3.05, 3.63) is 30.3 Å². The third kappa shape index (κ3) is 4.71. The van der Waals surface area contributed by atoms with Crippen molar-refractivity contribution in [1.29, 1.82) is 0 Å². The van der Waals surface area contributed by atoms with Gasteiger partial charge in [0.05, 0.1) is 4.90 Å². The summed E-state index contributed by atoms with van der Waals surface area (Å²) in [6, 6.07) is 8.93. The third-order valence-electron chi connectivity index (χ3n) is 3.38. The average Bonchev–Trinajstić information content (AvgIpc) is 2.42. The monoisotopic (exact) mass is 319 g/mol. The maximum Gasteiger partial charge on any atom is 0.240 e. The predicted molar refractivity (Wildman–Crippen MR) is 82.8 cm³/mol. The first-order valence-corrected chi connectivity index (χ1v) is 8.07. The van der Waals surface area contributed by atoms with Crippen molar-refractivity contribution < 1.29 is 8.42 Å². The Morgan fingerprint density at radius 2 is 2.05 bits per heavy atom. The summed E-state index contributed by atoms with van der Waals surface area (Å²) in [6.45, 7) is 6.24. The summed E-state index contributed by atoms with van der Waals surface area (Å²) in [7, 11) is -3.37. The number of benzene rings is 1. The molecule has 1 saturated heterocycles. The topological polar surface area (TPSA) is 61.4 Å². The second-order valence-electron chi connectivity index (χ2n) is 4.80. The molecule has 1 aliphatic heterocycles. The molecule has 0 spiro atoms. The van der Waals surface area contributed by atoms with Crippen LogP contribution >= 0.6 is 12.4 Å². The van der Waals surface area contributed by atoms with E-state index in [0.29, 0.717) is 17.5 Å². The maximum atomic E-state index is 12.0. The average molecular weight is 320 g/mol. The van der Waals surface area contributed by atoms with E-state index >= 15 is 0 Å². The number of nitrogens with one attached hydrogen (secondary N) is 2. The molecule has 0 bridgehead atoms. The van der Waals surface area contributed by atoms with Crippen molar-refractivity contribution >= 4 is 22.4 Å². The lowest BCUT2D eigenvalue weighted by Gasteiger charge is -2.33. The van der Waals surface area contributed by atoms with Crippen molar-refractivity contribution in [2.75, 3.05) is 32.7 Å². The Hall–Kier alpha value is -0.660. The molecule has 114 valence electrons. The highest BCUT2D eigenvalue weighted by molar-refractivity contribution is 7.89. The van der Waals surface area contributed by atoms with Gasteiger partial charge in [0.1, 0.15) is 0 Å². The van der Waals surface area contributed by atoms with E-state index in [0.717, 1.165) is 26.2 Å². The molecule has 0 aromatic heterocycles. The fraction of sp³-hybridized carbons (Fsp3) is 0.538. The van der Waals surface area contributed by atoms with Gasteiger partial charge >= 0.3 is 0 Å². The van der Waals surface area contributed by atoms with Crippen molar-refractivity contribution in [2.45, 2.75) is 17.9 Å². The van der Waals surface area contributed by atoms with E-state index in [1.807, 2.05) is 0 Å². The number of piperazine rings is 1. The zero-order chi connectivity index (χ0) is 13.7. The summed E-state index contributed by atoms with van der Waals surface area (Å²) in [5.74, 6) is 0. The van der Waals surface area contributed by atoms with Gasteiger partial charge in [-0.1, -0.05) is 18.2 Å². The molecule has 20 heavy (non-hydrogen) atoms. The molecule has 1 aromatic carbocycles. The zero-order valence-corrected chi connectivity index (χ0v) is 13.2. The van der Waals surface area contributed by atoms with Crippen LogP contribution in [0.15, 0.2) is 35.2 Å². The van der Waals surface area contributed by atoms with Gasteiger partial charge in [0.25, 0.3) is 0 Å². The Morgan fingerprint density at radius 1 is 1.35 bits per heavy atom. The largest absolute Gasteiger partial charge is 0.314 e. The van der Waals surface area contributed by atoms with E-state index < -0.39 is 10.0 Å². The fourth-order valence-corrected chi connectivity index (χ4v) is 3.26. The van der Waals surface area contributed by atoms with E-state index in [1.165, 1.54) is 0 Å². The van der Waals surface area contributed by atoms with Gasteiger partial charge in [-0.3, -0.25) is 4.90 Å². The highest BCUT2D eigenvalue weighted by Crippen LogP contribution is 2.07. The summed E-state index contributed by atoms with van der Waals surface area (Å²) < 4.78 is 26.7. The summed E-state index contributed by atoms with van der Waals surface area (Å²) >= 11 is 0. The van der Waals surface area contributed by atoms with Crippen LogP contribution in [0.3, 0.4) is 0 Å². The zero-order valence-electron chi connectivity index (χ0n) is 11.6. The van der Waals surface area contributed by atoms with Crippen molar-refractivity contribution in [3.8, 4) is 0 Å². The van der Waals surface area contributed by atoms with Crippen molar-refractivity contribution in [2.24, 2.45) is 0 Å². The summed E-state index contributed by atoms with van der Waals surface area (Å²) in [5.41, 5.74) is 0. The van der Waals surface area contributed by atoms with Gasteiger partial charge in [-0.05, 0) is 19.1 Å². The molecule has 1 atom stereocenters. The first-order valence-electron chi connectivity index (χ1n) is 6.59. The molecule has 0 radical (unpaired) electrons. The first kappa shape index (κ1) is 17.4. The molecule has 7 heteroatoms. The minimum absolute atomic E-state index is 0. The lowest BCUT2D eigenvalue weighted by atomic mass is 10.2. The summed E-state index contributed by atoms with van der Waals surface area (Å²) in [6.07, 6.45) is 0. The minimum atomic E-state index is -3.37. The van der Waals surface area contributed by atoms with Crippen LogP contribution in [0.5, 0.6) is 0 Å². The molecule has 0 saturated carbocycles. The van der Waals surface area contributed by atoms with Crippen molar-refractivity contribution in [1.82, 2.24) is 14.9 Å². The Bertz CT molecular complexity index is 496. The van der Waals surface area contributed by atoms with E-state index in [9.17, 15) is 8.42 Å². The fourth-order valence-electron chi connectivity index (χ4n) is 2.22. The Kier molecular flexibility index (Phi) is 6.91. The van der Waals surface area contributed by atoms with Crippen LogP contribution in [0.4, 0.5) is 0 Å². The predicted octanol–water partition coefficient (Wildman–Crippen LogP) is 0.680. The Balaban J connectivity index is 0.00000200. The smallest absolute Gasteiger partial charge is 0.240 e. The lowest BCUT2D eigenvalue weighted by molar-refractivity contribution is 0.177. The Morgan fingerprint density at radius 3 is 2.70 bits per heavy atom. The molecule has 2 rings (SSSR count). The van der Waals surface area contributed by atoms with Crippen LogP contribution in [-0.4, -0.2) is 52.1 Å². The number of rotatable bonds is 5. The summed E-state index contributed by atoms with van der Waals surface area (Å²) in [5, 5.41) is 3.32. The molecule has 5 nitrogen and oxygen atoms in total. The molecule has 1 aromatic rings. The van der Waals surface area contributed by atoms with Gasteiger partial charge in [0.15, 0.2) is 0 Å². The van der Waals surface area contributed by atoms with Crippen LogP contribution in [0, 0.1) is 0 Å². The quantitative estimate of drug-likeness (QED) is 0.838. The summed E-state index contributed by atoms with van der Waals surface area (Å²) in [4.78, 5) is 2.62. The number of sulfonamides is 1. The molecule has 1 heterocycles. The van der Waals surface area contributed by atoms with E-state index in [-0.39, 0.29) is 12.4 Å². The van der Waals surface area contributed by atoms with Crippen LogP contribution in [0.2, 0.25) is 0 Å². The molecular weight excluding hydrogens is 298 g/mol. The Labute approximate surface area is 127 Å². The van der Waals surface area contributed by atoms with E-state index in [4.69, 9.17) is 0 Å². The third-order valence-corrected chi connectivity index (χ3v) is 4.86. The molecule has 2 N–H and O–H groups in total. The molecule has 0 amide bonds. The normalized spacial score (nSPS) is 20.4. The highest BCUT2D eigenvalue weighted by Gasteiger charge is 2.18. The second kappa shape index (κ2) is 7.95. The number of nitrogens with zero attached hydrogens (tertiary/aromatic N) is 1. The molecule has 1 aliphatic rings. The van der Waals surface area contributed by atoms with Gasteiger partial charge < -0.3 is 5.32 Å². The highest BCUT2D eigenvalue weighted by atomic mass is 35.5. The minimum Gasteiger partial charge on any atom is -0.314 e. The lowest BCUT2D eigenvalue weighted by Crippen LogP contribution is -2.51. The van der Waals surface area contributed by atoms with Gasteiger partial charge in [-0.25, -0.2) is 13.1 Å². The van der Waals surface area contributed by atoms with Crippen molar-refractivity contribution in [3.63, 3.8) is 0 Å². The van der Waals surface area contributed by atoms with Crippen LogP contribution in [0.1, 0.15) is 6.92 Å². The first-order chi connectivity index (χ1) is 9.09. The van der Waals surface area contributed by atoms with Crippen LogP contribution < -0.4 is 10.0 Å². The molecule has 0 aliphatic carbocycles. The van der Waals surface area contributed by atoms with Crippen LogP contribution in [0.25, 0.3) is 0 Å². The number of hydrogen-bond donors (Lipinski definition) is 2. The van der Waals surface area contributed by atoms with Gasteiger partial charge in [-0.2, -0.15) is 0 Å². The standard InChI is InChI=1S/C13H21N3O2S.ClH/c1-12-11-14-7-9-16(12)10-8-15-19(17,18)13-5-3-2-4-6-13;/h2-6,12,14-15H,7-11H2,1H3;1H/t12-;/m1./s1. The van der Waals surface area contributed by atoms with E-state index in [1.54, 1.807) is 30.3 Å². The maximum absolute atomic E-state index is 12.0. The number of hydrogen-bond acceptors (Lipinski definition) is 4. The second-order valence-corrected chi connectivity index (χ2v) is 6.57. The molecule has 1 fully saturated rings. The number of halogens is 1. The van der Waals surface area contributed by atoms with E-state index in [2.05, 4.69) is 21.9 Å².